The Morgan fingerprint density at radius 3 is 2.45 bits per heavy atom. The molecule has 2 aliphatic carbocycles. The molecule has 0 aliphatic heterocycles. The van der Waals surface area contributed by atoms with Gasteiger partial charge in [-0.25, -0.2) is 4.79 Å². The first kappa shape index (κ1) is 15.6. The van der Waals surface area contributed by atoms with E-state index in [1.54, 1.807) is 0 Å². The molecule has 2 aliphatic rings. The van der Waals surface area contributed by atoms with Crippen molar-refractivity contribution in [3.8, 4) is 0 Å². The second-order valence-electron chi connectivity index (χ2n) is 6.22. The van der Waals surface area contributed by atoms with Crippen molar-refractivity contribution < 1.29 is 14.6 Å². The summed E-state index contributed by atoms with van der Waals surface area (Å²) in [6.07, 6.45) is 6.62. The van der Waals surface area contributed by atoms with Crippen LogP contribution in [0.15, 0.2) is 0 Å². The zero-order chi connectivity index (χ0) is 14.4. The largest absolute Gasteiger partial charge is 0.396 e. The normalized spacial score (nSPS) is 26.3. The summed E-state index contributed by atoms with van der Waals surface area (Å²) in [7, 11) is 1.87. The molecule has 2 N–H and O–H groups in total. The van der Waals surface area contributed by atoms with Crippen LogP contribution in [0.2, 0.25) is 0 Å². The van der Waals surface area contributed by atoms with Crippen molar-refractivity contribution in [2.45, 2.75) is 44.6 Å². The molecule has 5 heteroatoms. The van der Waals surface area contributed by atoms with Crippen LogP contribution < -0.4 is 5.32 Å². The molecule has 0 saturated heterocycles. The number of hydrogen-bond acceptors (Lipinski definition) is 3. The van der Waals surface area contributed by atoms with Crippen molar-refractivity contribution in [1.82, 2.24) is 10.2 Å². The van der Waals surface area contributed by atoms with Crippen molar-refractivity contribution in [3.05, 3.63) is 0 Å². The van der Waals surface area contributed by atoms with Crippen LogP contribution in [0.25, 0.3) is 0 Å². The van der Waals surface area contributed by atoms with Gasteiger partial charge in [-0.05, 0) is 50.4 Å². The minimum atomic E-state index is -0.00697. The van der Waals surface area contributed by atoms with Crippen LogP contribution in [-0.4, -0.2) is 55.5 Å². The Morgan fingerprint density at radius 2 is 1.85 bits per heavy atom. The highest BCUT2D eigenvalue weighted by molar-refractivity contribution is 5.74. The highest BCUT2D eigenvalue weighted by Crippen LogP contribution is 2.28. The third-order valence-electron chi connectivity index (χ3n) is 4.52. The number of rotatable bonds is 7. The molecule has 0 heterocycles. The fourth-order valence-corrected chi connectivity index (χ4v) is 2.77. The van der Waals surface area contributed by atoms with Gasteiger partial charge < -0.3 is 20.1 Å². The molecule has 20 heavy (non-hydrogen) atoms. The smallest absolute Gasteiger partial charge is 0.317 e. The average molecular weight is 284 g/mol. The third kappa shape index (κ3) is 4.94. The minimum absolute atomic E-state index is 0.00697. The van der Waals surface area contributed by atoms with Gasteiger partial charge in [-0.15, -0.1) is 0 Å². The van der Waals surface area contributed by atoms with Crippen molar-refractivity contribution >= 4 is 6.03 Å². The lowest BCUT2D eigenvalue weighted by Gasteiger charge is -2.34. The van der Waals surface area contributed by atoms with E-state index in [9.17, 15) is 4.79 Å². The van der Waals surface area contributed by atoms with Gasteiger partial charge >= 0.3 is 6.03 Å². The molecule has 2 fully saturated rings. The second kappa shape index (κ2) is 7.84. The summed E-state index contributed by atoms with van der Waals surface area (Å²) in [4.78, 5) is 13.8. The van der Waals surface area contributed by atoms with E-state index in [0.717, 1.165) is 38.2 Å². The van der Waals surface area contributed by atoms with Crippen LogP contribution in [-0.2, 0) is 4.74 Å². The number of aliphatic hydroxyl groups excluding tert-OH is 1. The van der Waals surface area contributed by atoms with Crippen LogP contribution in [0.3, 0.4) is 0 Å². The van der Waals surface area contributed by atoms with Crippen molar-refractivity contribution in [2.24, 2.45) is 11.8 Å². The Kier molecular flexibility index (Phi) is 6.10. The van der Waals surface area contributed by atoms with Crippen LogP contribution in [0.4, 0.5) is 4.79 Å². The molecular formula is C15H28N2O3. The maximum atomic E-state index is 12.0. The lowest BCUT2D eigenvalue weighted by atomic mass is 9.86. The molecule has 0 bridgehead atoms. The first-order valence-electron chi connectivity index (χ1n) is 7.90. The molecule has 0 spiro atoms. The molecule has 2 rings (SSSR count). The summed E-state index contributed by atoms with van der Waals surface area (Å²) in [6, 6.07) is 0.303. The van der Waals surface area contributed by atoms with Crippen molar-refractivity contribution in [3.63, 3.8) is 0 Å². The number of carbonyl (C=O) groups excluding carboxylic acids is 1. The molecule has 0 aromatic heterocycles. The topological polar surface area (TPSA) is 61.8 Å². The number of amides is 2. The number of urea groups is 1. The number of carbonyl (C=O) groups is 1. The fourth-order valence-electron chi connectivity index (χ4n) is 2.77. The van der Waals surface area contributed by atoms with Crippen molar-refractivity contribution in [2.75, 3.05) is 33.4 Å². The molecule has 116 valence electrons. The van der Waals surface area contributed by atoms with E-state index in [0.29, 0.717) is 25.1 Å². The van der Waals surface area contributed by atoms with Gasteiger partial charge in [0.25, 0.3) is 0 Å². The van der Waals surface area contributed by atoms with Crippen LogP contribution >= 0.6 is 0 Å². The minimum Gasteiger partial charge on any atom is -0.396 e. The monoisotopic (exact) mass is 284 g/mol. The van der Waals surface area contributed by atoms with E-state index >= 15 is 0 Å². The fraction of sp³-hybridized carbons (Fsp3) is 0.933. The predicted octanol–water partition coefficient (Wildman–Crippen LogP) is 1.61. The highest BCUT2D eigenvalue weighted by atomic mass is 16.5. The molecule has 0 aromatic carbocycles. The standard InChI is InChI=1S/C15H28N2O3/c1-17(14-6-4-12(10-18)5-7-14)15(19)16-8-9-20-11-13-2-3-13/h12-14,18H,2-11H2,1H3,(H,16,19). The number of aliphatic hydroxyl groups is 1. The van der Waals surface area contributed by atoms with Gasteiger partial charge in [-0.3, -0.25) is 0 Å². The number of nitrogens with one attached hydrogen (secondary N) is 1. The Balaban J connectivity index is 1.56. The summed E-state index contributed by atoms with van der Waals surface area (Å²) in [6.45, 7) is 2.31. The molecule has 5 nitrogen and oxygen atoms in total. The van der Waals surface area contributed by atoms with Gasteiger partial charge in [0.2, 0.25) is 0 Å². The molecule has 0 aromatic rings. The maximum absolute atomic E-state index is 12.0. The van der Waals surface area contributed by atoms with E-state index in [1.165, 1.54) is 12.8 Å². The van der Waals surface area contributed by atoms with Gasteiger partial charge in [0, 0.05) is 32.8 Å². The lowest BCUT2D eigenvalue weighted by Crippen LogP contribution is -2.46. The Hall–Kier alpha value is -0.810. The maximum Gasteiger partial charge on any atom is 0.317 e. The molecule has 0 unspecified atom stereocenters. The SMILES string of the molecule is CN(C(=O)NCCOCC1CC1)C1CCC(CO)CC1. The molecule has 2 amide bonds. The highest BCUT2D eigenvalue weighted by Gasteiger charge is 2.26. The molecule has 0 radical (unpaired) electrons. The van der Waals surface area contributed by atoms with Gasteiger partial charge in [0.15, 0.2) is 0 Å². The van der Waals surface area contributed by atoms with E-state index in [2.05, 4.69) is 5.32 Å². The van der Waals surface area contributed by atoms with E-state index in [1.807, 2.05) is 11.9 Å². The van der Waals surface area contributed by atoms with Crippen molar-refractivity contribution in [1.29, 1.82) is 0 Å². The zero-order valence-corrected chi connectivity index (χ0v) is 12.5. The van der Waals surface area contributed by atoms with E-state index < -0.39 is 0 Å². The first-order valence-corrected chi connectivity index (χ1v) is 7.90. The van der Waals surface area contributed by atoms with Gasteiger partial charge in [0.05, 0.1) is 6.61 Å². The third-order valence-corrected chi connectivity index (χ3v) is 4.52. The van der Waals surface area contributed by atoms with E-state index in [-0.39, 0.29) is 12.6 Å². The van der Waals surface area contributed by atoms with Gasteiger partial charge in [0.1, 0.15) is 0 Å². The molecular weight excluding hydrogens is 256 g/mol. The summed E-state index contributed by atoms with van der Waals surface area (Å²) < 4.78 is 5.50. The van der Waals surface area contributed by atoms with Crippen LogP contribution in [0.1, 0.15) is 38.5 Å². The summed E-state index contributed by atoms with van der Waals surface area (Å²) in [5, 5.41) is 12.0. The number of hydrogen-bond donors (Lipinski definition) is 2. The quantitative estimate of drug-likeness (QED) is 0.698. The Labute approximate surface area is 121 Å². The molecule has 2 saturated carbocycles. The van der Waals surface area contributed by atoms with E-state index in [4.69, 9.17) is 9.84 Å². The van der Waals surface area contributed by atoms with Crippen LogP contribution in [0.5, 0.6) is 0 Å². The van der Waals surface area contributed by atoms with Gasteiger partial charge in [-0.1, -0.05) is 0 Å². The lowest BCUT2D eigenvalue weighted by molar-refractivity contribution is 0.118. The second-order valence-corrected chi connectivity index (χ2v) is 6.22. The molecule has 0 atom stereocenters. The predicted molar refractivity (Wildman–Crippen MR) is 77.5 cm³/mol. The summed E-state index contributed by atoms with van der Waals surface area (Å²) >= 11 is 0. The summed E-state index contributed by atoms with van der Waals surface area (Å²) in [5.41, 5.74) is 0. The Morgan fingerprint density at radius 1 is 1.20 bits per heavy atom. The number of ether oxygens (including phenoxy) is 1. The zero-order valence-electron chi connectivity index (χ0n) is 12.5. The Bertz CT molecular complexity index is 299. The summed E-state index contributed by atoms with van der Waals surface area (Å²) in [5.74, 6) is 1.20. The first-order chi connectivity index (χ1) is 9.70. The van der Waals surface area contributed by atoms with Crippen LogP contribution in [0, 0.1) is 11.8 Å². The van der Waals surface area contributed by atoms with Gasteiger partial charge in [-0.2, -0.15) is 0 Å². The number of nitrogens with zero attached hydrogens (tertiary/aromatic N) is 1. The average Bonchev–Trinajstić information content (AvgIpc) is 3.30.